The Labute approximate surface area is 138 Å². The number of amides is 1. The molecule has 0 aromatic heterocycles. The van der Waals surface area contributed by atoms with Crippen molar-refractivity contribution in [3.8, 4) is 0 Å². The van der Waals surface area contributed by atoms with E-state index in [-0.39, 0.29) is 24.9 Å². The number of rotatable bonds is 8. The number of carbonyl (C=O) groups is 3. The Morgan fingerprint density at radius 1 is 0.957 bits per heavy atom. The molecule has 23 heavy (non-hydrogen) atoms. The number of hydrogen-bond donors (Lipinski definition) is 0. The van der Waals surface area contributed by atoms with E-state index in [1.165, 1.54) is 38.4 Å². The Morgan fingerprint density at radius 2 is 1.48 bits per heavy atom. The molecule has 132 valence electrons. The predicted octanol–water partition coefficient (Wildman–Crippen LogP) is 2.16. The minimum Gasteiger partial charge on any atom is -0.468 e. The topological polar surface area (TPSA) is 72.9 Å². The Balaban J connectivity index is 2.58. The maximum atomic E-state index is 12.6. The van der Waals surface area contributed by atoms with Crippen LogP contribution in [0.2, 0.25) is 0 Å². The van der Waals surface area contributed by atoms with Crippen molar-refractivity contribution in [2.45, 2.75) is 51.9 Å². The normalized spacial score (nSPS) is 20.7. The van der Waals surface area contributed by atoms with Gasteiger partial charge in [0.15, 0.2) is 0 Å². The summed E-state index contributed by atoms with van der Waals surface area (Å²) in [4.78, 5) is 36.9. The first-order valence-corrected chi connectivity index (χ1v) is 8.44. The van der Waals surface area contributed by atoms with Crippen LogP contribution in [0.5, 0.6) is 0 Å². The molecule has 0 N–H and O–H groups in total. The summed E-state index contributed by atoms with van der Waals surface area (Å²) in [6.45, 7) is 1.77. The van der Waals surface area contributed by atoms with Crippen molar-refractivity contribution in [1.82, 2.24) is 4.90 Å². The number of hydrogen-bond acceptors (Lipinski definition) is 5. The highest BCUT2D eigenvalue weighted by Gasteiger charge is 2.31. The lowest BCUT2D eigenvalue weighted by Crippen LogP contribution is -2.44. The second-order valence-electron chi connectivity index (χ2n) is 6.21. The van der Waals surface area contributed by atoms with Gasteiger partial charge in [0.05, 0.1) is 14.2 Å². The van der Waals surface area contributed by atoms with Gasteiger partial charge in [-0.15, -0.1) is 0 Å². The summed E-state index contributed by atoms with van der Waals surface area (Å²) in [5.74, 6) is -0.608. The number of methoxy groups -OCH3 is 2. The number of carbonyl (C=O) groups excluding carboxylic acids is 3. The molecular formula is C17H29NO5. The van der Waals surface area contributed by atoms with Gasteiger partial charge in [-0.2, -0.15) is 0 Å². The first-order chi connectivity index (χ1) is 11.0. The minimum absolute atomic E-state index is 0.109. The van der Waals surface area contributed by atoms with E-state index in [4.69, 9.17) is 0 Å². The zero-order valence-corrected chi connectivity index (χ0v) is 14.5. The van der Waals surface area contributed by atoms with Crippen LogP contribution in [0, 0.1) is 11.8 Å². The van der Waals surface area contributed by atoms with Crippen LogP contribution in [0.3, 0.4) is 0 Å². The van der Waals surface area contributed by atoms with Gasteiger partial charge in [-0.05, 0) is 31.6 Å². The van der Waals surface area contributed by atoms with Gasteiger partial charge in [0.25, 0.3) is 0 Å². The van der Waals surface area contributed by atoms with Gasteiger partial charge >= 0.3 is 11.9 Å². The van der Waals surface area contributed by atoms with E-state index >= 15 is 0 Å². The number of ether oxygens (including phenoxy) is 2. The molecule has 0 saturated heterocycles. The third-order valence-corrected chi connectivity index (χ3v) is 4.57. The first-order valence-electron chi connectivity index (χ1n) is 8.44. The van der Waals surface area contributed by atoms with Crippen molar-refractivity contribution in [3.05, 3.63) is 0 Å². The van der Waals surface area contributed by atoms with Crippen molar-refractivity contribution in [3.63, 3.8) is 0 Å². The smallest absolute Gasteiger partial charge is 0.325 e. The highest BCUT2D eigenvalue weighted by atomic mass is 16.5. The van der Waals surface area contributed by atoms with Crippen molar-refractivity contribution >= 4 is 17.8 Å². The molecule has 1 amide bonds. The number of esters is 2. The van der Waals surface area contributed by atoms with Crippen LogP contribution in [0.25, 0.3) is 0 Å². The van der Waals surface area contributed by atoms with E-state index in [9.17, 15) is 14.4 Å². The Kier molecular flexibility index (Phi) is 8.66. The van der Waals surface area contributed by atoms with E-state index < -0.39 is 11.9 Å². The van der Waals surface area contributed by atoms with Crippen LogP contribution in [0.1, 0.15) is 51.9 Å². The van der Waals surface area contributed by atoms with Crippen LogP contribution in [0.15, 0.2) is 0 Å². The lowest BCUT2D eigenvalue weighted by Gasteiger charge is -2.31. The molecule has 0 spiro atoms. The SMILES string of the molecule is CCCCC1CCC(C(=O)N(CC(=O)OC)CC(=O)OC)CC1. The third-order valence-electron chi connectivity index (χ3n) is 4.57. The molecule has 0 radical (unpaired) electrons. The summed E-state index contributed by atoms with van der Waals surface area (Å²) in [6.07, 6.45) is 7.40. The van der Waals surface area contributed by atoms with Crippen LogP contribution < -0.4 is 0 Å². The molecule has 0 unspecified atom stereocenters. The van der Waals surface area contributed by atoms with Crippen LogP contribution in [0.4, 0.5) is 0 Å². The molecule has 1 saturated carbocycles. The molecule has 1 aliphatic carbocycles. The quantitative estimate of drug-likeness (QED) is 0.639. The highest BCUT2D eigenvalue weighted by molar-refractivity contribution is 5.87. The van der Waals surface area contributed by atoms with Crippen molar-refractivity contribution in [2.24, 2.45) is 11.8 Å². The zero-order valence-electron chi connectivity index (χ0n) is 14.5. The Morgan fingerprint density at radius 3 is 1.91 bits per heavy atom. The molecule has 0 atom stereocenters. The Hall–Kier alpha value is -1.59. The fraction of sp³-hybridized carbons (Fsp3) is 0.824. The van der Waals surface area contributed by atoms with Crippen molar-refractivity contribution in [2.75, 3.05) is 27.3 Å². The van der Waals surface area contributed by atoms with Crippen molar-refractivity contribution in [1.29, 1.82) is 0 Å². The lowest BCUT2D eigenvalue weighted by atomic mass is 9.79. The number of nitrogens with zero attached hydrogens (tertiary/aromatic N) is 1. The fourth-order valence-corrected chi connectivity index (χ4v) is 3.10. The van der Waals surface area contributed by atoms with Crippen LogP contribution in [-0.2, 0) is 23.9 Å². The summed E-state index contributed by atoms with van der Waals surface area (Å²) in [7, 11) is 2.53. The van der Waals surface area contributed by atoms with Gasteiger partial charge in [-0.3, -0.25) is 14.4 Å². The van der Waals surface area contributed by atoms with Crippen LogP contribution in [-0.4, -0.2) is 50.1 Å². The van der Waals surface area contributed by atoms with E-state index in [0.29, 0.717) is 5.92 Å². The molecule has 1 rings (SSSR count). The third kappa shape index (κ3) is 6.59. The van der Waals surface area contributed by atoms with E-state index in [2.05, 4.69) is 16.4 Å². The molecule has 0 aliphatic heterocycles. The summed E-state index contributed by atoms with van der Waals surface area (Å²) in [5.41, 5.74) is 0. The van der Waals surface area contributed by atoms with Crippen molar-refractivity contribution < 1.29 is 23.9 Å². The summed E-state index contributed by atoms with van der Waals surface area (Å²) < 4.78 is 9.22. The molecule has 0 aromatic carbocycles. The first kappa shape index (κ1) is 19.5. The monoisotopic (exact) mass is 327 g/mol. The summed E-state index contributed by atoms with van der Waals surface area (Å²) >= 11 is 0. The standard InChI is InChI=1S/C17H29NO5/c1-4-5-6-13-7-9-14(10-8-13)17(21)18(11-15(19)22-2)12-16(20)23-3/h13-14H,4-12H2,1-3H3. The van der Waals surface area contributed by atoms with Gasteiger partial charge < -0.3 is 14.4 Å². The van der Waals surface area contributed by atoms with E-state index in [1.54, 1.807) is 0 Å². The molecule has 1 aliphatic rings. The van der Waals surface area contributed by atoms with E-state index in [0.717, 1.165) is 25.7 Å². The maximum Gasteiger partial charge on any atom is 0.325 e. The molecule has 6 heteroatoms. The average Bonchev–Trinajstić information content (AvgIpc) is 2.58. The molecule has 0 heterocycles. The number of unbranched alkanes of at least 4 members (excludes halogenated alkanes) is 1. The molecule has 1 fully saturated rings. The highest BCUT2D eigenvalue weighted by Crippen LogP contribution is 2.32. The maximum absolute atomic E-state index is 12.6. The van der Waals surface area contributed by atoms with Gasteiger partial charge in [0, 0.05) is 5.92 Å². The largest absolute Gasteiger partial charge is 0.468 e. The fourth-order valence-electron chi connectivity index (χ4n) is 3.10. The minimum atomic E-state index is -0.529. The predicted molar refractivity (Wildman–Crippen MR) is 85.6 cm³/mol. The average molecular weight is 327 g/mol. The van der Waals surface area contributed by atoms with Gasteiger partial charge in [-0.1, -0.05) is 26.2 Å². The van der Waals surface area contributed by atoms with Gasteiger partial charge in [0.2, 0.25) is 5.91 Å². The van der Waals surface area contributed by atoms with Crippen LogP contribution >= 0.6 is 0 Å². The zero-order chi connectivity index (χ0) is 17.2. The van der Waals surface area contributed by atoms with E-state index in [1.807, 2.05) is 0 Å². The summed E-state index contributed by atoms with van der Waals surface area (Å²) in [5, 5.41) is 0. The second-order valence-corrected chi connectivity index (χ2v) is 6.21. The summed E-state index contributed by atoms with van der Waals surface area (Å²) in [6, 6.07) is 0. The second kappa shape index (κ2) is 10.2. The van der Waals surface area contributed by atoms with Gasteiger partial charge in [-0.25, -0.2) is 0 Å². The van der Waals surface area contributed by atoms with Gasteiger partial charge in [0.1, 0.15) is 13.1 Å². The lowest BCUT2D eigenvalue weighted by molar-refractivity contribution is -0.154. The molecule has 0 aromatic rings. The molecular weight excluding hydrogens is 298 g/mol. The molecule has 0 bridgehead atoms. The Bertz CT molecular complexity index is 384. The molecule has 6 nitrogen and oxygen atoms in total.